The first kappa shape index (κ1) is 25.5. The second-order valence-corrected chi connectivity index (χ2v) is 9.12. The van der Waals surface area contributed by atoms with E-state index in [-0.39, 0.29) is 5.92 Å². The van der Waals surface area contributed by atoms with Crippen molar-refractivity contribution < 1.29 is 22.8 Å². The maximum Gasteiger partial charge on any atom is 0.326 e. The van der Waals surface area contributed by atoms with Crippen molar-refractivity contribution in [2.75, 3.05) is 32.7 Å². The lowest BCUT2D eigenvalue weighted by molar-refractivity contribution is 0.154. The molecule has 2 aliphatic heterocycles. The summed E-state index contributed by atoms with van der Waals surface area (Å²) in [6, 6.07) is 8.02. The zero-order valence-corrected chi connectivity index (χ0v) is 19.8. The molecule has 0 bridgehead atoms. The minimum absolute atomic E-state index is 0.210. The van der Waals surface area contributed by atoms with Gasteiger partial charge in [-0.2, -0.15) is 5.26 Å². The molecule has 4 amide bonds. The number of nitrogens with one attached hydrogen (secondary N) is 2. The maximum absolute atomic E-state index is 13.7. The van der Waals surface area contributed by atoms with Crippen LogP contribution in [0.1, 0.15) is 54.3 Å². The summed E-state index contributed by atoms with van der Waals surface area (Å²) in [5, 5.41) is 14.7. The first-order chi connectivity index (χ1) is 17.4. The Labute approximate surface area is 207 Å². The van der Waals surface area contributed by atoms with Crippen LogP contribution in [0.15, 0.2) is 36.4 Å². The summed E-state index contributed by atoms with van der Waals surface area (Å²) >= 11 is 0. The van der Waals surface area contributed by atoms with Crippen molar-refractivity contribution in [3.8, 4) is 6.07 Å². The average Bonchev–Trinajstić information content (AvgIpc) is 2.88. The second kappa shape index (κ2) is 11.4. The number of rotatable bonds is 6. The molecule has 10 heteroatoms. The van der Waals surface area contributed by atoms with E-state index in [1.807, 2.05) is 0 Å². The molecular weight excluding hydrogens is 471 g/mol. The van der Waals surface area contributed by atoms with Gasteiger partial charge in [0.1, 0.15) is 5.82 Å². The molecule has 36 heavy (non-hydrogen) atoms. The van der Waals surface area contributed by atoms with Crippen LogP contribution >= 0.6 is 0 Å². The Morgan fingerprint density at radius 1 is 1.08 bits per heavy atom. The third-order valence-electron chi connectivity index (χ3n) is 6.86. The third-order valence-corrected chi connectivity index (χ3v) is 6.86. The molecule has 2 fully saturated rings. The summed E-state index contributed by atoms with van der Waals surface area (Å²) in [4.78, 5) is 28.5. The zero-order chi connectivity index (χ0) is 25.7. The lowest BCUT2D eigenvalue weighted by atomic mass is 9.86. The number of halogens is 3. The van der Waals surface area contributed by atoms with E-state index in [0.29, 0.717) is 37.1 Å². The van der Waals surface area contributed by atoms with Crippen molar-refractivity contribution in [3.05, 3.63) is 70.5 Å². The number of benzene rings is 2. The van der Waals surface area contributed by atoms with E-state index in [9.17, 15) is 28.0 Å². The lowest BCUT2D eigenvalue weighted by Crippen LogP contribution is -2.54. The molecule has 1 atom stereocenters. The molecule has 0 radical (unpaired) electrons. The summed E-state index contributed by atoms with van der Waals surface area (Å²) in [5.74, 6) is -2.21. The van der Waals surface area contributed by atoms with Gasteiger partial charge in [0.05, 0.1) is 17.7 Å². The van der Waals surface area contributed by atoms with Gasteiger partial charge in [0.15, 0.2) is 11.6 Å². The van der Waals surface area contributed by atoms with E-state index in [2.05, 4.69) is 21.6 Å². The fourth-order valence-corrected chi connectivity index (χ4v) is 4.97. The van der Waals surface area contributed by atoms with E-state index in [1.165, 1.54) is 18.2 Å². The molecular formula is C26H28F3N5O2. The predicted molar refractivity (Wildman–Crippen MR) is 126 cm³/mol. The Bertz CT molecular complexity index is 1160. The van der Waals surface area contributed by atoms with Crippen LogP contribution in [0.2, 0.25) is 0 Å². The minimum Gasteiger partial charge on any atom is -0.338 e. The standard InChI is InChI=1S/C26H28F3N5O2/c27-20-3-4-21(19(14-20)16-30)17-7-12-33(13-8-17)11-1-9-31-25(35)34-24(6-10-32-26(34)36)18-2-5-22(28)23(29)15-18/h2-5,14-15,17,24H,1,6-13H2,(H,31,35)(H,32,36). The molecule has 2 aliphatic rings. The molecule has 2 N–H and O–H groups in total. The number of hydrogen-bond donors (Lipinski definition) is 2. The van der Waals surface area contributed by atoms with Gasteiger partial charge in [-0.15, -0.1) is 0 Å². The average molecular weight is 500 g/mol. The molecule has 4 rings (SSSR count). The highest BCUT2D eigenvalue weighted by Crippen LogP contribution is 2.31. The highest BCUT2D eigenvalue weighted by molar-refractivity contribution is 5.94. The SMILES string of the molecule is N#Cc1cc(F)ccc1C1CCN(CCCNC(=O)N2C(=O)NCCC2c2ccc(F)c(F)c2)CC1. The number of carbonyl (C=O) groups is 2. The van der Waals surface area contributed by atoms with Gasteiger partial charge in [0, 0.05) is 13.1 Å². The van der Waals surface area contributed by atoms with Gasteiger partial charge in [-0.3, -0.25) is 0 Å². The Hall–Kier alpha value is -3.58. The first-order valence-corrected chi connectivity index (χ1v) is 12.1. The summed E-state index contributed by atoms with van der Waals surface area (Å²) in [5.41, 5.74) is 1.64. The Balaban J connectivity index is 1.25. The molecule has 2 aromatic rings. The summed E-state index contributed by atoms with van der Waals surface area (Å²) in [6.45, 7) is 3.08. The Morgan fingerprint density at radius 2 is 1.86 bits per heavy atom. The minimum atomic E-state index is -1.02. The monoisotopic (exact) mass is 499 g/mol. The highest BCUT2D eigenvalue weighted by Gasteiger charge is 2.34. The lowest BCUT2D eigenvalue weighted by Gasteiger charge is -2.35. The predicted octanol–water partition coefficient (Wildman–Crippen LogP) is 4.41. The zero-order valence-electron chi connectivity index (χ0n) is 19.8. The molecule has 1 unspecified atom stereocenters. The number of likely N-dealkylation sites (tertiary alicyclic amines) is 1. The van der Waals surface area contributed by atoms with E-state index in [4.69, 9.17) is 0 Å². The molecule has 0 spiro atoms. The molecule has 190 valence electrons. The molecule has 0 aromatic heterocycles. The van der Waals surface area contributed by atoms with Crippen LogP contribution in [0.5, 0.6) is 0 Å². The normalized spacial score (nSPS) is 19.0. The van der Waals surface area contributed by atoms with Gasteiger partial charge in [0.25, 0.3) is 0 Å². The number of hydrogen-bond acceptors (Lipinski definition) is 4. The number of nitrogens with zero attached hydrogens (tertiary/aromatic N) is 3. The van der Waals surface area contributed by atoms with Crippen LogP contribution in [0, 0.1) is 28.8 Å². The van der Waals surface area contributed by atoms with Crippen molar-refractivity contribution in [2.45, 2.75) is 37.6 Å². The Kier molecular flexibility index (Phi) is 8.10. The molecule has 2 saturated heterocycles. The van der Waals surface area contributed by atoms with Crippen molar-refractivity contribution in [1.29, 1.82) is 5.26 Å². The van der Waals surface area contributed by atoms with Gasteiger partial charge in [-0.25, -0.2) is 27.7 Å². The second-order valence-electron chi connectivity index (χ2n) is 9.12. The van der Waals surface area contributed by atoms with E-state index >= 15 is 0 Å². The van der Waals surface area contributed by atoms with Crippen LogP contribution in [-0.2, 0) is 0 Å². The molecule has 7 nitrogen and oxygen atoms in total. The Morgan fingerprint density at radius 3 is 2.58 bits per heavy atom. The van der Waals surface area contributed by atoms with Crippen molar-refractivity contribution in [3.63, 3.8) is 0 Å². The number of urea groups is 2. The number of carbonyl (C=O) groups excluding carboxylic acids is 2. The van der Waals surface area contributed by atoms with Crippen molar-refractivity contribution in [1.82, 2.24) is 20.4 Å². The van der Waals surface area contributed by atoms with Crippen molar-refractivity contribution in [2.24, 2.45) is 0 Å². The fraction of sp³-hybridized carbons (Fsp3) is 0.423. The smallest absolute Gasteiger partial charge is 0.326 e. The quantitative estimate of drug-likeness (QED) is 0.577. The molecule has 2 heterocycles. The van der Waals surface area contributed by atoms with Crippen LogP contribution in [0.3, 0.4) is 0 Å². The van der Waals surface area contributed by atoms with E-state index < -0.39 is 35.6 Å². The van der Waals surface area contributed by atoms with Crippen LogP contribution in [-0.4, -0.2) is 54.6 Å². The molecule has 0 aliphatic carbocycles. The fourth-order valence-electron chi connectivity index (χ4n) is 4.97. The summed E-state index contributed by atoms with van der Waals surface area (Å²) < 4.78 is 40.5. The number of piperidine rings is 1. The van der Waals surface area contributed by atoms with E-state index in [1.54, 1.807) is 6.07 Å². The van der Waals surface area contributed by atoms with Crippen LogP contribution in [0.25, 0.3) is 0 Å². The highest BCUT2D eigenvalue weighted by atomic mass is 19.2. The number of nitriles is 1. The number of amides is 4. The van der Waals surface area contributed by atoms with E-state index in [0.717, 1.165) is 55.1 Å². The van der Waals surface area contributed by atoms with Crippen LogP contribution < -0.4 is 10.6 Å². The maximum atomic E-state index is 13.7. The van der Waals surface area contributed by atoms with Gasteiger partial charge >= 0.3 is 12.1 Å². The van der Waals surface area contributed by atoms with Gasteiger partial charge < -0.3 is 15.5 Å². The number of imide groups is 1. The largest absolute Gasteiger partial charge is 0.338 e. The topological polar surface area (TPSA) is 88.5 Å². The first-order valence-electron chi connectivity index (χ1n) is 12.1. The molecule has 0 saturated carbocycles. The van der Waals surface area contributed by atoms with Gasteiger partial charge in [-0.1, -0.05) is 12.1 Å². The molecule has 2 aromatic carbocycles. The van der Waals surface area contributed by atoms with Crippen molar-refractivity contribution >= 4 is 12.1 Å². The summed E-state index contributed by atoms with van der Waals surface area (Å²) in [6.07, 6.45) is 2.77. The van der Waals surface area contributed by atoms with Gasteiger partial charge in [-0.05, 0) is 86.6 Å². The summed E-state index contributed by atoms with van der Waals surface area (Å²) in [7, 11) is 0. The van der Waals surface area contributed by atoms with Crippen LogP contribution in [0.4, 0.5) is 22.8 Å². The van der Waals surface area contributed by atoms with Gasteiger partial charge in [0.2, 0.25) is 0 Å². The third kappa shape index (κ3) is 5.79.